The van der Waals surface area contributed by atoms with Crippen LogP contribution in [0.3, 0.4) is 0 Å². The third-order valence-corrected chi connectivity index (χ3v) is 2.67. The summed E-state index contributed by atoms with van der Waals surface area (Å²) in [4.78, 5) is 11.4. The van der Waals surface area contributed by atoms with Gasteiger partial charge in [0.2, 0.25) is 0 Å². The van der Waals surface area contributed by atoms with E-state index in [0.29, 0.717) is 13.2 Å². The van der Waals surface area contributed by atoms with E-state index in [1.165, 1.54) is 12.8 Å². The van der Waals surface area contributed by atoms with E-state index >= 15 is 0 Å². The maximum Gasteiger partial charge on any atom is 0.411 e. The van der Waals surface area contributed by atoms with Crippen LogP contribution in [-0.4, -0.2) is 12.7 Å². The lowest BCUT2D eigenvalue weighted by molar-refractivity contribution is 0.159. The molecular formula is C14H22N2O2. The first-order valence-corrected chi connectivity index (χ1v) is 6.49. The normalized spacial score (nSPS) is 10.1. The van der Waals surface area contributed by atoms with Crippen molar-refractivity contribution in [2.24, 2.45) is 5.73 Å². The number of unbranched alkanes of at least 4 members (excludes halogenated alkanes) is 3. The second kappa shape index (κ2) is 8.53. The van der Waals surface area contributed by atoms with Crippen LogP contribution in [0, 0.1) is 0 Å². The summed E-state index contributed by atoms with van der Waals surface area (Å²) in [5.74, 6) is 0. The van der Waals surface area contributed by atoms with Crippen molar-refractivity contribution in [2.45, 2.75) is 39.2 Å². The summed E-state index contributed by atoms with van der Waals surface area (Å²) in [7, 11) is 0. The molecule has 18 heavy (non-hydrogen) atoms. The van der Waals surface area contributed by atoms with Gasteiger partial charge in [-0.15, -0.1) is 0 Å². The maximum absolute atomic E-state index is 11.4. The number of carbonyl (C=O) groups excluding carboxylic acids is 1. The zero-order valence-electron chi connectivity index (χ0n) is 10.9. The van der Waals surface area contributed by atoms with Crippen LogP contribution in [0.4, 0.5) is 10.5 Å². The Kier molecular flexibility index (Phi) is 6.87. The summed E-state index contributed by atoms with van der Waals surface area (Å²) in [6.07, 6.45) is 4.00. The molecule has 0 saturated carbocycles. The van der Waals surface area contributed by atoms with Crippen LogP contribution in [-0.2, 0) is 11.3 Å². The number of hydrogen-bond donors (Lipinski definition) is 2. The highest BCUT2D eigenvalue weighted by Crippen LogP contribution is 2.09. The summed E-state index contributed by atoms with van der Waals surface area (Å²) in [6, 6.07) is 7.41. The quantitative estimate of drug-likeness (QED) is 0.730. The SMILES string of the molecule is CCCCCCOC(=O)Nc1ccc(CN)cc1. The first-order chi connectivity index (χ1) is 8.76. The molecule has 0 unspecified atom stereocenters. The Hall–Kier alpha value is -1.55. The highest BCUT2D eigenvalue weighted by Gasteiger charge is 2.02. The molecule has 0 fully saturated rings. The van der Waals surface area contributed by atoms with Gasteiger partial charge in [0.15, 0.2) is 0 Å². The van der Waals surface area contributed by atoms with E-state index in [4.69, 9.17) is 10.5 Å². The number of rotatable bonds is 7. The average molecular weight is 250 g/mol. The van der Waals surface area contributed by atoms with Crippen LogP contribution in [0.25, 0.3) is 0 Å². The number of hydrogen-bond acceptors (Lipinski definition) is 3. The summed E-state index contributed by atoms with van der Waals surface area (Å²) in [5.41, 5.74) is 7.26. The number of nitrogens with two attached hydrogens (primary N) is 1. The number of ether oxygens (including phenoxy) is 1. The molecule has 0 saturated heterocycles. The molecule has 0 aliphatic rings. The predicted octanol–water partition coefficient (Wildman–Crippen LogP) is 3.27. The topological polar surface area (TPSA) is 64.3 Å². The van der Waals surface area contributed by atoms with Crippen molar-refractivity contribution in [1.29, 1.82) is 0 Å². The molecular weight excluding hydrogens is 228 g/mol. The molecule has 0 spiro atoms. The fraction of sp³-hybridized carbons (Fsp3) is 0.500. The van der Waals surface area contributed by atoms with E-state index in [1.807, 2.05) is 24.3 Å². The Labute approximate surface area is 109 Å². The van der Waals surface area contributed by atoms with Crippen LogP contribution in [0.15, 0.2) is 24.3 Å². The van der Waals surface area contributed by atoms with E-state index in [0.717, 1.165) is 24.1 Å². The largest absolute Gasteiger partial charge is 0.449 e. The molecule has 0 heterocycles. The lowest BCUT2D eigenvalue weighted by Crippen LogP contribution is -2.14. The fourth-order valence-electron chi connectivity index (χ4n) is 1.57. The van der Waals surface area contributed by atoms with Crippen LogP contribution in [0.5, 0.6) is 0 Å². The van der Waals surface area contributed by atoms with E-state index in [-0.39, 0.29) is 0 Å². The molecule has 0 aliphatic carbocycles. The van der Waals surface area contributed by atoms with Crippen molar-refractivity contribution in [3.8, 4) is 0 Å². The Morgan fingerprint density at radius 2 is 1.94 bits per heavy atom. The minimum Gasteiger partial charge on any atom is -0.449 e. The van der Waals surface area contributed by atoms with E-state index < -0.39 is 6.09 Å². The highest BCUT2D eigenvalue weighted by molar-refractivity contribution is 5.84. The minimum absolute atomic E-state index is 0.396. The molecule has 0 aromatic heterocycles. The molecule has 1 rings (SSSR count). The van der Waals surface area contributed by atoms with Gasteiger partial charge in [0, 0.05) is 12.2 Å². The van der Waals surface area contributed by atoms with Crippen LogP contribution in [0.1, 0.15) is 38.2 Å². The van der Waals surface area contributed by atoms with Crippen LogP contribution in [0.2, 0.25) is 0 Å². The van der Waals surface area contributed by atoms with Crippen molar-refractivity contribution in [3.63, 3.8) is 0 Å². The second-order valence-corrected chi connectivity index (χ2v) is 4.22. The van der Waals surface area contributed by atoms with Gasteiger partial charge in [0.1, 0.15) is 0 Å². The van der Waals surface area contributed by atoms with E-state index in [9.17, 15) is 4.79 Å². The molecule has 0 aliphatic heterocycles. The van der Waals surface area contributed by atoms with Gasteiger partial charge in [-0.3, -0.25) is 5.32 Å². The molecule has 1 amide bonds. The molecule has 3 N–H and O–H groups in total. The zero-order chi connectivity index (χ0) is 13.2. The molecule has 0 radical (unpaired) electrons. The summed E-state index contributed by atoms with van der Waals surface area (Å²) in [5, 5.41) is 2.68. The van der Waals surface area contributed by atoms with Gasteiger partial charge in [0.25, 0.3) is 0 Å². The van der Waals surface area contributed by atoms with Crippen molar-refractivity contribution in [2.75, 3.05) is 11.9 Å². The molecule has 0 atom stereocenters. The lowest BCUT2D eigenvalue weighted by Gasteiger charge is -2.07. The monoisotopic (exact) mass is 250 g/mol. The first-order valence-electron chi connectivity index (χ1n) is 6.49. The summed E-state index contributed by atoms with van der Waals surface area (Å²) >= 11 is 0. The number of carbonyl (C=O) groups is 1. The van der Waals surface area contributed by atoms with E-state index in [2.05, 4.69) is 12.2 Å². The summed E-state index contributed by atoms with van der Waals surface area (Å²) < 4.78 is 5.07. The molecule has 0 bridgehead atoms. The fourth-order valence-corrected chi connectivity index (χ4v) is 1.57. The Morgan fingerprint density at radius 3 is 2.56 bits per heavy atom. The predicted molar refractivity (Wildman–Crippen MR) is 73.4 cm³/mol. The Bertz CT molecular complexity index is 349. The second-order valence-electron chi connectivity index (χ2n) is 4.22. The smallest absolute Gasteiger partial charge is 0.411 e. The van der Waals surface area contributed by atoms with Crippen molar-refractivity contribution >= 4 is 11.8 Å². The van der Waals surface area contributed by atoms with Crippen LogP contribution < -0.4 is 11.1 Å². The highest BCUT2D eigenvalue weighted by atomic mass is 16.5. The molecule has 1 aromatic carbocycles. The number of nitrogens with one attached hydrogen (secondary N) is 1. The van der Waals surface area contributed by atoms with Crippen molar-refractivity contribution < 1.29 is 9.53 Å². The number of benzene rings is 1. The van der Waals surface area contributed by atoms with Crippen molar-refractivity contribution in [1.82, 2.24) is 0 Å². The number of amides is 1. The molecule has 4 heteroatoms. The van der Waals surface area contributed by atoms with Gasteiger partial charge in [-0.1, -0.05) is 38.3 Å². The van der Waals surface area contributed by atoms with Crippen molar-refractivity contribution in [3.05, 3.63) is 29.8 Å². The Balaban J connectivity index is 2.22. The molecule has 1 aromatic rings. The van der Waals surface area contributed by atoms with Gasteiger partial charge in [-0.25, -0.2) is 4.79 Å². The number of anilines is 1. The van der Waals surface area contributed by atoms with Gasteiger partial charge in [-0.05, 0) is 24.1 Å². The first kappa shape index (κ1) is 14.5. The molecule has 100 valence electrons. The van der Waals surface area contributed by atoms with E-state index in [1.54, 1.807) is 0 Å². The maximum atomic E-state index is 11.4. The van der Waals surface area contributed by atoms with Gasteiger partial charge in [0.05, 0.1) is 6.61 Å². The Morgan fingerprint density at radius 1 is 1.22 bits per heavy atom. The van der Waals surface area contributed by atoms with Crippen LogP contribution >= 0.6 is 0 Å². The molecule has 4 nitrogen and oxygen atoms in total. The van der Waals surface area contributed by atoms with Gasteiger partial charge >= 0.3 is 6.09 Å². The van der Waals surface area contributed by atoms with Gasteiger partial charge < -0.3 is 10.5 Å². The lowest BCUT2D eigenvalue weighted by atomic mass is 10.2. The summed E-state index contributed by atoms with van der Waals surface area (Å²) in [6.45, 7) is 3.13. The standard InChI is InChI=1S/C14H22N2O2/c1-2-3-4-5-10-18-14(17)16-13-8-6-12(11-15)7-9-13/h6-9H,2-5,10-11,15H2,1H3,(H,16,17). The third-order valence-electron chi connectivity index (χ3n) is 2.67. The van der Waals surface area contributed by atoms with Gasteiger partial charge in [-0.2, -0.15) is 0 Å². The average Bonchev–Trinajstić information content (AvgIpc) is 2.39. The third kappa shape index (κ3) is 5.68. The zero-order valence-corrected chi connectivity index (χ0v) is 10.9. The minimum atomic E-state index is -0.396.